The van der Waals surface area contributed by atoms with Crippen LogP contribution in [0.2, 0.25) is 0 Å². The molecule has 1 heterocycles. The van der Waals surface area contributed by atoms with Crippen LogP contribution in [0.3, 0.4) is 0 Å². The van der Waals surface area contributed by atoms with Crippen molar-refractivity contribution in [2.45, 2.75) is 12.5 Å². The first-order valence-corrected chi connectivity index (χ1v) is 7.90. The third-order valence-corrected chi connectivity index (χ3v) is 4.61. The normalized spacial score (nSPS) is 21.9. The summed E-state index contributed by atoms with van der Waals surface area (Å²) < 4.78 is 5.22. The summed E-state index contributed by atoms with van der Waals surface area (Å²) in [5, 5.41) is 0. The molecule has 116 valence electrons. The minimum atomic E-state index is 0.542. The molecule has 0 bridgehead atoms. The fraction of sp³-hybridized carbons (Fsp3) is 0.368. The summed E-state index contributed by atoms with van der Waals surface area (Å²) in [6.45, 7) is 3.88. The Morgan fingerprint density at radius 2 is 1.77 bits per heavy atom. The van der Waals surface area contributed by atoms with Gasteiger partial charge in [-0.25, -0.2) is 0 Å². The van der Waals surface area contributed by atoms with Gasteiger partial charge in [-0.05, 0) is 35.7 Å². The molecule has 2 N–H and O–H groups in total. The Labute approximate surface area is 132 Å². The number of nitrogens with zero attached hydrogens (tertiary/aromatic N) is 1. The number of likely N-dealkylation sites (tertiary alicyclic amines) is 1. The minimum Gasteiger partial charge on any atom is -0.497 e. The molecule has 0 radical (unpaired) electrons. The predicted molar refractivity (Wildman–Crippen MR) is 90.0 cm³/mol. The predicted octanol–water partition coefficient (Wildman–Crippen LogP) is 2.87. The van der Waals surface area contributed by atoms with Crippen molar-refractivity contribution in [1.82, 2.24) is 4.90 Å². The van der Waals surface area contributed by atoms with Gasteiger partial charge in [0.15, 0.2) is 0 Å². The first kappa shape index (κ1) is 15.1. The molecule has 1 aliphatic rings. The lowest BCUT2D eigenvalue weighted by molar-refractivity contribution is 0.316. The summed E-state index contributed by atoms with van der Waals surface area (Å²) in [6.07, 6.45) is 0. The molecule has 1 saturated heterocycles. The first-order chi connectivity index (χ1) is 10.8. The Bertz CT molecular complexity index is 582. The van der Waals surface area contributed by atoms with E-state index < -0.39 is 0 Å². The lowest BCUT2D eigenvalue weighted by Crippen LogP contribution is -2.23. The molecule has 0 amide bonds. The van der Waals surface area contributed by atoms with Gasteiger partial charge in [-0.2, -0.15) is 0 Å². The Morgan fingerprint density at radius 3 is 2.41 bits per heavy atom. The van der Waals surface area contributed by atoms with Gasteiger partial charge in [0.25, 0.3) is 0 Å². The quantitative estimate of drug-likeness (QED) is 0.922. The number of methoxy groups -OCH3 is 1. The number of rotatable bonds is 5. The molecule has 3 rings (SSSR count). The fourth-order valence-electron chi connectivity index (χ4n) is 3.40. The zero-order chi connectivity index (χ0) is 15.4. The monoisotopic (exact) mass is 296 g/mol. The van der Waals surface area contributed by atoms with Gasteiger partial charge in [0.05, 0.1) is 7.11 Å². The Kier molecular flexibility index (Phi) is 4.76. The van der Waals surface area contributed by atoms with Crippen molar-refractivity contribution in [3.63, 3.8) is 0 Å². The van der Waals surface area contributed by atoms with E-state index >= 15 is 0 Å². The third kappa shape index (κ3) is 3.32. The summed E-state index contributed by atoms with van der Waals surface area (Å²) in [6, 6.07) is 19.1. The molecule has 2 aromatic carbocycles. The van der Waals surface area contributed by atoms with Gasteiger partial charge in [0.1, 0.15) is 5.75 Å². The van der Waals surface area contributed by atoms with Gasteiger partial charge in [-0.1, -0.05) is 42.5 Å². The SMILES string of the molecule is COc1ccc(CN2C[C@@H](CN)[C@H](c3ccccc3)C2)cc1. The molecule has 22 heavy (non-hydrogen) atoms. The summed E-state index contributed by atoms with van der Waals surface area (Å²) in [5.74, 6) is 2.00. The van der Waals surface area contributed by atoms with Crippen LogP contribution in [0.4, 0.5) is 0 Å². The van der Waals surface area contributed by atoms with Gasteiger partial charge < -0.3 is 10.5 Å². The second kappa shape index (κ2) is 6.95. The van der Waals surface area contributed by atoms with Crippen LogP contribution in [0.1, 0.15) is 17.0 Å². The van der Waals surface area contributed by atoms with Gasteiger partial charge in [0.2, 0.25) is 0 Å². The molecule has 0 spiro atoms. The van der Waals surface area contributed by atoms with Gasteiger partial charge >= 0.3 is 0 Å². The Hall–Kier alpha value is -1.84. The van der Waals surface area contributed by atoms with E-state index in [1.165, 1.54) is 11.1 Å². The minimum absolute atomic E-state index is 0.542. The second-order valence-corrected chi connectivity index (χ2v) is 6.06. The summed E-state index contributed by atoms with van der Waals surface area (Å²) in [7, 11) is 1.70. The zero-order valence-electron chi connectivity index (χ0n) is 13.1. The van der Waals surface area contributed by atoms with E-state index in [0.29, 0.717) is 11.8 Å². The first-order valence-electron chi connectivity index (χ1n) is 7.90. The van der Waals surface area contributed by atoms with E-state index in [4.69, 9.17) is 10.5 Å². The van der Waals surface area contributed by atoms with Gasteiger partial charge in [-0.15, -0.1) is 0 Å². The molecule has 1 fully saturated rings. The molecule has 2 atom stereocenters. The number of hydrogen-bond donors (Lipinski definition) is 1. The van der Waals surface area contributed by atoms with Crippen LogP contribution in [0.25, 0.3) is 0 Å². The Morgan fingerprint density at radius 1 is 1.05 bits per heavy atom. The van der Waals surface area contributed by atoms with Crippen LogP contribution in [-0.2, 0) is 6.54 Å². The molecule has 3 nitrogen and oxygen atoms in total. The maximum atomic E-state index is 6.01. The maximum absolute atomic E-state index is 6.01. The van der Waals surface area contributed by atoms with Gasteiger partial charge in [0, 0.05) is 25.6 Å². The highest BCUT2D eigenvalue weighted by molar-refractivity contribution is 5.28. The molecule has 0 aliphatic carbocycles. The number of nitrogens with two attached hydrogens (primary N) is 1. The van der Waals surface area contributed by atoms with E-state index in [2.05, 4.69) is 47.4 Å². The molecule has 0 saturated carbocycles. The Balaban J connectivity index is 1.68. The van der Waals surface area contributed by atoms with Crippen LogP contribution in [0.15, 0.2) is 54.6 Å². The van der Waals surface area contributed by atoms with E-state index in [1.807, 2.05) is 12.1 Å². The topological polar surface area (TPSA) is 38.5 Å². The highest BCUT2D eigenvalue weighted by atomic mass is 16.5. The van der Waals surface area contributed by atoms with Crippen LogP contribution in [0, 0.1) is 5.92 Å². The molecule has 1 aliphatic heterocycles. The van der Waals surface area contributed by atoms with E-state index in [1.54, 1.807) is 7.11 Å². The van der Waals surface area contributed by atoms with Crippen molar-refractivity contribution in [2.75, 3.05) is 26.7 Å². The maximum Gasteiger partial charge on any atom is 0.118 e. The lowest BCUT2D eigenvalue weighted by atomic mass is 9.89. The van der Waals surface area contributed by atoms with Crippen LogP contribution >= 0.6 is 0 Å². The smallest absolute Gasteiger partial charge is 0.118 e. The molecule has 3 heteroatoms. The van der Waals surface area contributed by atoms with Crippen molar-refractivity contribution in [2.24, 2.45) is 11.7 Å². The fourth-order valence-corrected chi connectivity index (χ4v) is 3.40. The summed E-state index contributed by atoms with van der Waals surface area (Å²) >= 11 is 0. The number of hydrogen-bond acceptors (Lipinski definition) is 3. The summed E-state index contributed by atoms with van der Waals surface area (Å²) in [4.78, 5) is 2.51. The molecular formula is C19H24N2O. The zero-order valence-corrected chi connectivity index (χ0v) is 13.1. The third-order valence-electron chi connectivity index (χ3n) is 4.61. The van der Waals surface area contributed by atoms with Crippen LogP contribution in [0.5, 0.6) is 5.75 Å². The molecule has 0 aromatic heterocycles. The average Bonchev–Trinajstić information content (AvgIpc) is 2.99. The van der Waals surface area contributed by atoms with Crippen molar-refractivity contribution >= 4 is 0 Å². The molecule has 2 aromatic rings. The van der Waals surface area contributed by atoms with E-state index in [9.17, 15) is 0 Å². The lowest BCUT2D eigenvalue weighted by Gasteiger charge is -2.17. The van der Waals surface area contributed by atoms with Crippen molar-refractivity contribution in [3.8, 4) is 5.75 Å². The average molecular weight is 296 g/mol. The number of ether oxygens (including phenoxy) is 1. The largest absolute Gasteiger partial charge is 0.497 e. The van der Waals surface area contributed by atoms with E-state index in [-0.39, 0.29) is 0 Å². The molecular weight excluding hydrogens is 272 g/mol. The van der Waals surface area contributed by atoms with Crippen molar-refractivity contribution in [3.05, 3.63) is 65.7 Å². The summed E-state index contributed by atoms with van der Waals surface area (Å²) in [5.41, 5.74) is 8.75. The van der Waals surface area contributed by atoms with Crippen LogP contribution in [-0.4, -0.2) is 31.6 Å². The van der Waals surface area contributed by atoms with Crippen molar-refractivity contribution in [1.29, 1.82) is 0 Å². The number of benzene rings is 2. The highest BCUT2D eigenvalue weighted by Gasteiger charge is 2.32. The second-order valence-electron chi connectivity index (χ2n) is 6.06. The highest BCUT2D eigenvalue weighted by Crippen LogP contribution is 2.32. The van der Waals surface area contributed by atoms with E-state index in [0.717, 1.165) is 31.9 Å². The van der Waals surface area contributed by atoms with Crippen LogP contribution < -0.4 is 10.5 Å². The molecule has 0 unspecified atom stereocenters. The van der Waals surface area contributed by atoms with Gasteiger partial charge in [-0.3, -0.25) is 4.90 Å². The van der Waals surface area contributed by atoms with Crippen molar-refractivity contribution < 1.29 is 4.74 Å². The standard InChI is InChI=1S/C19H24N2O/c1-22-18-9-7-15(8-10-18)12-21-13-17(11-20)19(14-21)16-5-3-2-4-6-16/h2-10,17,19H,11-14,20H2,1H3/t17-,19+/m1/s1.